The Bertz CT molecular complexity index is 420. The standard InChI is InChI=1S/C12H22N2O8/c1-5(16)14-8-6(17)3-12(13-2,11(20)21)22-10(8)9(19)7(18)4-15/h6-10,13,15,17-19H,3-4H2,1-2H3,(H,14,16)(H,20,21). The average Bonchev–Trinajstić information content (AvgIpc) is 2.46. The summed E-state index contributed by atoms with van der Waals surface area (Å²) in [5.41, 5.74) is -1.99. The molecule has 0 bridgehead atoms. The number of carboxylic acid groups (broad SMARTS) is 1. The van der Waals surface area contributed by atoms with E-state index < -0.39 is 54.7 Å². The van der Waals surface area contributed by atoms with Gasteiger partial charge in [-0.2, -0.15) is 0 Å². The maximum Gasteiger partial charge on any atom is 0.351 e. The van der Waals surface area contributed by atoms with Crippen molar-refractivity contribution in [2.24, 2.45) is 0 Å². The molecule has 0 spiro atoms. The first-order chi connectivity index (χ1) is 10.2. The van der Waals surface area contributed by atoms with E-state index in [1.165, 1.54) is 14.0 Å². The molecule has 22 heavy (non-hydrogen) atoms. The second kappa shape index (κ2) is 7.31. The summed E-state index contributed by atoms with van der Waals surface area (Å²) >= 11 is 0. The molecule has 10 heteroatoms. The van der Waals surface area contributed by atoms with Crippen molar-refractivity contribution < 1.29 is 39.9 Å². The summed E-state index contributed by atoms with van der Waals surface area (Å²) < 4.78 is 5.35. The lowest BCUT2D eigenvalue weighted by atomic mass is 9.87. The van der Waals surface area contributed by atoms with Crippen LogP contribution < -0.4 is 10.6 Å². The van der Waals surface area contributed by atoms with Crippen LogP contribution in [0.2, 0.25) is 0 Å². The van der Waals surface area contributed by atoms with Crippen molar-refractivity contribution >= 4 is 11.9 Å². The van der Waals surface area contributed by atoms with Crippen molar-refractivity contribution in [2.45, 2.75) is 49.5 Å². The summed E-state index contributed by atoms with van der Waals surface area (Å²) in [4.78, 5) is 22.6. The molecule has 1 rings (SSSR count). The zero-order chi connectivity index (χ0) is 17.1. The van der Waals surface area contributed by atoms with Crippen LogP contribution in [0.1, 0.15) is 13.3 Å². The van der Waals surface area contributed by atoms with E-state index in [0.717, 1.165) is 0 Å². The van der Waals surface area contributed by atoms with Gasteiger partial charge in [0.2, 0.25) is 11.6 Å². The largest absolute Gasteiger partial charge is 0.478 e. The van der Waals surface area contributed by atoms with Crippen LogP contribution >= 0.6 is 0 Å². The number of aliphatic hydroxyl groups is 4. The molecule has 0 aromatic carbocycles. The Balaban J connectivity index is 3.14. The summed E-state index contributed by atoms with van der Waals surface area (Å²) in [6, 6.07) is -1.14. The summed E-state index contributed by atoms with van der Waals surface area (Å²) in [5.74, 6) is -1.96. The van der Waals surface area contributed by atoms with Gasteiger partial charge >= 0.3 is 5.97 Å². The van der Waals surface area contributed by atoms with Gasteiger partial charge in [0, 0.05) is 13.3 Å². The lowest BCUT2D eigenvalue weighted by molar-refractivity contribution is -0.236. The van der Waals surface area contributed by atoms with E-state index >= 15 is 0 Å². The van der Waals surface area contributed by atoms with E-state index in [1.807, 2.05) is 0 Å². The maximum absolute atomic E-state index is 11.4. The smallest absolute Gasteiger partial charge is 0.351 e. The number of nitrogens with one attached hydrogen (secondary N) is 2. The molecule has 6 atom stereocenters. The predicted octanol–water partition coefficient (Wildman–Crippen LogP) is -3.64. The van der Waals surface area contributed by atoms with Gasteiger partial charge < -0.3 is 35.6 Å². The van der Waals surface area contributed by atoms with Gasteiger partial charge in [0.1, 0.15) is 18.3 Å². The van der Waals surface area contributed by atoms with E-state index in [2.05, 4.69) is 10.6 Å². The fourth-order valence-corrected chi connectivity index (χ4v) is 2.42. The van der Waals surface area contributed by atoms with Crippen LogP contribution in [0.5, 0.6) is 0 Å². The first-order valence-electron chi connectivity index (χ1n) is 6.70. The number of aliphatic hydroxyl groups excluding tert-OH is 4. The van der Waals surface area contributed by atoms with Crippen molar-refractivity contribution in [3.8, 4) is 0 Å². The lowest BCUT2D eigenvalue weighted by Crippen LogP contribution is -2.70. The minimum absolute atomic E-state index is 0.387. The summed E-state index contributed by atoms with van der Waals surface area (Å²) in [6.07, 6.45) is -6.54. The highest BCUT2D eigenvalue weighted by molar-refractivity contribution is 5.77. The Morgan fingerprint density at radius 2 is 2.00 bits per heavy atom. The number of rotatable bonds is 6. The summed E-state index contributed by atoms with van der Waals surface area (Å²) in [6.45, 7) is 0.374. The Hall–Kier alpha value is -1.30. The Morgan fingerprint density at radius 3 is 2.41 bits per heavy atom. The number of ether oxygens (including phenoxy) is 1. The van der Waals surface area contributed by atoms with E-state index in [9.17, 15) is 30.0 Å². The Kier molecular flexibility index (Phi) is 6.23. The molecule has 1 saturated heterocycles. The maximum atomic E-state index is 11.4. The van der Waals surface area contributed by atoms with E-state index in [1.54, 1.807) is 0 Å². The zero-order valence-electron chi connectivity index (χ0n) is 12.3. The molecule has 6 unspecified atom stereocenters. The van der Waals surface area contributed by atoms with Gasteiger partial charge in [0.15, 0.2) is 0 Å². The molecule has 1 aliphatic rings. The second-order valence-electron chi connectivity index (χ2n) is 5.20. The van der Waals surface area contributed by atoms with E-state index in [0.29, 0.717) is 0 Å². The highest BCUT2D eigenvalue weighted by Crippen LogP contribution is 2.30. The second-order valence-corrected chi connectivity index (χ2v) is 5.20. The molecule has 1 aliphatic heterocycles. The number of hydrogen-bond donors (Lipinski definition) is 7. The monoisotopic (exact) mass is 322 g/mol. The first-order valence-corrected chi connectivity index (χ1v) is 6.70. The number of carboxylic acids is 1. The molecule has 10 nitrogen and oxygen atoms in total. The third-order valence-electron chi connectivity index (χ3n) is 3.64. The highest BCUT2D eigenvalue weighted by atomic mass is 16.6. The lowest BCUT2D eigenvalue weighted by Gasteiger charge is -2.46. The molecule has 0 aromatic heterocycles. The molecule has 7 N–H and O–H groups in total. The molecule has 1 heterocycles. The number of amides is 1. The van der Waals surface area contributed by atoms with Gasteiger partial charge in [0.25, 0.3) is 0 Å². The van der Waals surface area contributed by atoms with Gasteiger partial charge in [-0.3, -0.25) is 10.1 Å². The molecule has 0 aromatic rings. The van der Waals surface area contributed by atoms with Crippen LogP contribution in [0.3, 0.4) is 0 Å². The first kappa shape index (κ1) is 18.7. The van der Waals surface area contributed by atoms with Crippen molar-refractivity contribution in [2.75, 3.05) is 13.7 Å². The topological polar surface area (TPSA) is 169 Å². The van der Waals surface area contributed by atoms with Crippen LogP contribution in [0.25, 0.3) is 0 Å². The van der Waals surface area contributed by atoms with Gasteiger partial charge in [-0.15, -0.1) is 0 Å². The predicted molar refractivity (Wildman–Crippen MR) is 71.6 cm³/mol. The molecule has 1 fully saturated rings. The molecular formula is C12H22N2O8. The molecule has 0 aliphatic carbocycles. The van der Waals surface area contributed by atoms with Crippen LogP contribution in [-0.4, -0.2) is 87.2 Å². The van der Waals surface area contributed by atoms with Crippen LogP contribution in [0.4, 0.5) is 0 Å². The minimum Gasteiger partial charge on any atom is -0.478 e. The van der Waals surface area contributed by atoms with Crippen LogP contribution in [0.15, 0.2) is 0 Å². The van der Waals surface area contributed by atoms with Gasteiger partial charge in [0.05, 0.1) is 18.8 Å². The van der Waals surface area contributed by atoms with Crippen LogP contribution in [-0.2, 0) is 14.3 Å². The normalized spacial score (nSPS) is 34.7. The fraction of sp³-hybridized carbons (Fsp3) is 0.833. The van der Waals surface area contributed by atoms with Crippen molar-refractivity contribution in [1.29, 1.82) is 0 Å². The van der Waals surface area contributed by atoms with Gasteiger partial charge in [-0.25, -0.2) is 4.79 Å². The van der Waals surface area contributed by atoms with Crippen molar-refractivity contribution in [3.05, 3.63) is 0 Å². The number of aliphatic carboxylic acids is 1. The number of hydrogen-bond acceptors (Lipinski definition) is 8. The van der Waals surface area contributed by atoms with Crippen molar-refractivity contribution in [1.82, 2.24) is 10.6 Å². The number of carbonyl (C=O) groups is 2. The minimum atomic E-state index is -1.99. The quantitative estimate of drug-likeness (QED) is 0.261. The number of likely N-dealkylation sites (N-methyl/N-ethyl adjacent to an activating group) is 1. The Morgan fingerprint density at radius 1 is 1.41 bits per heavy atom. The van der Waals surface area contributed by atoms with Crippen molar-refractivity contribution in [3.63, 3.8) is 0 Å². The summed E-state index contributed by atoms with van der Waals surface area (Å²) in [7, 11) is 1.30. The highest BCUT2D eigenvalue weighted by Gasteiger charge is 2.53. The molecule has 0 radical (unpaired) electrons. The molecule has 0 saturated carbocycles. The SMILES string of the molecule is CNC1(C(=O)O)CC(O)C(NC(C)=O)C(C(O)C(O)CO)O1. The molecular weight excluding hydrogens is 300 g/mol. The van der Waals surface area contributed by atoms with E-state index in [4.69, 9.17) is 9.84 Å². The average molecular weight is 322 g/mol. The van der Waals surface area contributed by atoms with Crippen LogP contribution in [0, 0.1) is 0 Å². The van der Waals surface area contributed by atoms with Gasteiger partial charge in [-0.05, 0) is 7.05 Å². The number of carbonyl (C=O) groups excluding carboxylic acids is 1. The third kappa shape index (κ3) is 3.72. The van der Waals surface area contributed by atoms with Gasteiger partial charge in [-0.1, -0.05) is 0 Å². The molecule has 128 valence electrons. The fourth-order valence-electron chi connectivity index (χ4n) is 2.42. The Labute approximate surface area is 126 Å². The third-order valence-corrected chi connectivity index (χ3v) is 3.64. The van der Waals surface area contributed by atoms with E-state index in [-0.39, 0.29) is 6.42 Å². The molecule has 1 amide bonds. The summed E-state index contributed by atoms with van der Waals surface area (Å²) in [5, 5.41) is 52.7. The zero-order valence-corrected chi connectivity index (χ0v) is 12.3.